The van der Waals surface area contributed by atoms with Crippen LogP contribution in [0.15, 0.2) is 18.2 Å². The summed E-state index contributed by atoms with van der Waals surface area (Å²) in [5.74, 6) is 0.329. The first-order chi connectivity index (χ1) is 22.5. The highest BCUT2D eigenvalue weighted by Gasteiger charge is 2.17. The lowest BCUT2D eigenvalue weighted by molar-refractivity contribution is -0.162. The Bertz CT molecular complexity index is 960. The molecule has 0 spiro atoms. The van der Waals surface area contributed by atoms with Crippen LogP contribution in [0.3, 0.4) is 0 Å². The Morgan fingerprint density at radius 1 is 0.652 bits per heavy atom. The first-order valence-corrected chi connectivity index (χ1v) is 17.6. The van der Waals surface area contributed by atoms with Crippen LogP contribution < -0.4 is 9.47 Å². The Kier molecular flexibility index (Phi) is 22.4. The predicted molar refractivity (Wildman–Crippen MR) is 175 cm³/mol. The van der Waals surface area contributed by atoms with E-state index in [1.807, 2.05) is 6.07 Å². The molecular weight excluding hydrogens is 592 g/mol. The van der Waals surface area contributed by atoms with Crippen molar-refractivity contribution >= 4 is 17.9 Å². The smallest absolute Gasteiger partial charge is 0.342 e. The van der Waals surface area contributed by atoms with Crippen molar-refractivity contribution in [1.29, 1.82) is 0 Å². The molecule has 10 nitrogen and oxygen atoms in total. The van der Waals surface area contributed by atoms with E-state index in [1.54, 1.807) is 26.0 Å². The van der Waals surface area contributed by atoms with Gasteiger partial charge in [0.2, 0.25) is 0 Å². The molecule has 0 radical (unpaired) electrons. The maximum atomic E-state index is 13.1. The average molecular weight is 651 g/mol. The SMILES string of the molecule is CCC(=O)OCCCCCCOc1ccc(OCCCCCCOC(=O)CC)c(C(=O)OCCCCCCOC2CCCCO2)c1. The topological polar surface area (TPSA) is 116 Å². The first kappa shape index (κ1) is 39.3. The minimum absolute atomic E-state index is 0.0496. The van der Waals surface area contributed by atoms with Crippen LogP contribution in [0.4, 0.5) is 0 Å². The summed E-state index contributed by atoms with van der Waals surface area (Å²) in [6, 6.07) is 5.29. The monoisotopic (exact) mass is 650 g/mol. The molecule has 0 N–H and O–H groups in total. The summed E-state index contributed by atoms with van der Waals surface area (Å²) in [5, 5.41) is 0. The Morgan fingerprint density at radius 3 is 1.76 bits per heavy atom. The quantitative estimate of drug-likeness (QED) is 0.0532. The molecule has 46 heavy (non-hydrogen) atoms. The van der Waals surface area contributed by atoms with Crippen LogP contribution in [0.25, 0.3) is 0 Å². The summed E-state index contributed by atoms with van der Waals surface area (Å²) >= 11 is 0. The minimum Gasteiger partial charge on any atom is -0.494 e. The lowest BCUT2D eigenvalue weighted by Gasteiger charge is -2.22. The van der Waals surface area contributed by atoms with Gasteiger partial charge in [-0.3, -0.25) is 9.59 Å². The van der Waals surface area contributed by atoms with Gasteiger partial charge in [-0.15, -0.1) is 0 Å². The second kappa shape index (κ2) is 26.2. The molecule has 0 amide bonds. The predicted octanol–water partition coefficient (Wildman–Crippen LogP) is 7.73. The summed E-state index contributed by atoms with van der Waals surface area (Å²) < 4.78 is 39.2. The maximum absolute atomic E-state index is 13.1. The molecule has 0 aliphatic carbocycles. The fourth-order valence-electron chi connectivity index (χ4n) is 4.81. The van der Waals surface area contributed by atoms with Crippen molar-refractivity contribution in [2.24, 2.45) is 0 Å². The number of carbonyl (C=O) groups excluding carboxylic acids is 3. The standard InChI is InChI=1S/C36H58O10/c1-3-33(37)42-24-14-7-5-12-22-40-30-20-21-32(41-23-13-6-8-15-25-43-34(38)4-2)31(29-30)36(39)46-28-17-10-9-16-26-44-35-19-11-18-27-45-35/h20-21,29,35H,3-19,22-28H2,1-2H3. The van der Waals surface area contributed by atoms with Gasteiger partial charge in [-0.2, -0.15) is 0 Å². The number of hydrogen-bond acceptors (Lipinski definition) is 10. The number of carbonyl (C=O) groups is 3. The molecule has 1 fully saturated rings. The maximum Gasteiger partial charge on any atom is 0.342 e. The minimum atomic E-state index is -0.419. The van der Waals surface area contributed by atoms with Crippen molar-refractivity contribution in [1.82, 2.24) is 0 Å². The van der Waals surface area contributed by atoms with E-state index < -0.39 is 5.97 Å². The molecule has 1 aliphatic heterocycles. The van der Waals surface area contributed by atoms with Crippen molar-refractivity contribution in [3.8, 4) is 11.5 Å². The van der Waals surface area contributed by atoms with Crippen molar-refractivity contribution in [2.75, 3.05) is 46.2 Å². The van der Waals surface area contributed by atoms with Gasteiger partial charge < -0.3 is 33.2 Å². The highest BCUT2D eigenvalue weighted by molar-refractivity contribution is 5.93. The van der Waals surface area contributed by atoms with Crippen LogP contribution in [-0.4, -0.2) is 70.4 Å². The van der Waals surface area contributed by atoms with Gasteiger partial charge in [0.05, 0.1) is 33.0 Å². The summed E-state index contributed by atoms with van der Waals surface area (Å²) in [4.78, 5) is 35.5. The van der Waals surface area contributed by atoms with E-state index in [0.29, 0.717) is 69.5 Å². The number of unbranched alkanes of at least 4 members (excludes halogenated alkanes) is 9. The Labute approximate surface area is 276 Å². The number of esters is 3. The van der Waals surface area contributed by atoms with E-state index in [0.717, 1.165) is 103 Å². The zero-order valence-electron chi connectivity index (χ0n) is 28.4. The molecule has 1 aromatic carbocycles. The van der Waals surface area contributed by atoms with E-state index in [2.05, 4.69) is 0 Å². The van der Waals surface area contributed by atoms with Gasteiger partial charge in [0, 0.05) is 26.1 Å². The van der Waals surface area contributed by atoms with E-state index >= 15 is 0 Å². The summed E-state index contributed by atoms with van der Waals surface area (Å²) in [5.41, 5.74) is 0.364. The van der Waals surface area contributed by atoms with Gasteiger partial charge in [-0.1, -0.05) is 20.3 Å². The molecule has 1 atom stereocenters. The Morgan fingerprint density at radius 2 is 1.20 bits per heavy atom. The average Bonchev–Trinajstić information content (AvgIpc) is 3.08. The van der Waals surface area contributed by atoms with E-state index in [-0.39, 0.29) is 18.2 Å². The molecule has 262 valence electrons. The highest BCUT2D eigenvalue weighted by Crippen LogP contribution is 2.26. The third kappa shape index (κ3) is 19.0. The lowest BCUT2D eigenvalue weighted by atomic mass is 10.1. The van der Waals surface area contributed by atoms with Gasteiger partial charge in [-0.05, 0) is 108 Å². The molecule has 1 heterocycles. The summed E-state index contributed by atoms with van der Waals surface area (Å²) in [6.45, 7) is 7.29. The third-order valence-electron chi connectivity index (χ3n) is 7.59. The zero-order valence-corrected chi connectivity index (χ0v) is 28.4. The lowest BCUT2D eigenvalue weighted by Crippen LogP contribution is -2.22. The van der Waals surface area contributed by atoms with Gasteiger partial charge in [-0.25, -0.2) is 4.79 Å². The number of rotatable bonds is 27. The van der Waals surface area contributed by atoms with Crippen LogP contribution in [0.5, 0.6) is 11.5 Å². The molecule has 2 rings (SSSR count). The molecule has 1 saturated heterocycles. The van der Waals surface area contributed by atoms with Gasteiger partial charge >= 0.3 is 17.9 Å². The second-order valence-electron chi connectivity index (χ2n) is 11.5. The second-order valence-corrected chi connectivity index (χ2v) is 11.5. The third-order valence-corrected chi connectivity index (χ3v) is 7.59. The Balaban J connectivity index is 1.73. The fraction of sp³-hybridized carbons (Fsp3) is 0.750. The normalized spacial score (nSPS) is 14.4. The van der Waals surface area contributed by atoms with Crippen LogP contribution >= 0.6 is 0 Å². The largest absolute Gasteiger partial charge is 0.494 e. The van der Waals surface area contributed by atoms with Crippen LogP contribution in [-0.2, 0) is 33.3 Å². The van der Waals surface area contributed by atoms with Crippen LogP contribution in [0.2, 0.25) is 0 Å². The van der Waals surface area contributed by atoms with E-state index in [4.69, 9.17) is 33.2 Å². The fourth-order valence-corrected chi connectivity index (χ4v) is 4.81. The van der Waals surface area contributed by atoms with Gasteiger partial charge in [0.15, 0.2) is 6.29 Å². The van der Waals surface area contributed by atoms with Gasteiger partial charge in [0.1, 0.15) is 17.1 Å². The van der Waals surface area contributed by atoms with Gasteiger partial charge in [0.25, 0.3) is 0 Å². The van der Waals surface area contributed by atoms with E-state index in [1.165, 1.54) is 0 Å². The summed E-state index contributed by atoms with van der Waals surface area (Å²) in [6.07, 6.45) is 14.8. The highest BCUT2D eigenvalue weighted by atomic mass is 16.7. The van der Waals surface area contributed by atoms with Crippen molar-refractivity contribution < 1.29 is 47.5 Å². The molecule has 1 unspecified atom stereocenters. The van der Waals surface area contributed by atoms with Crippen LogP contribution in [0.1, 0.15) is 133 Å². The van der Waals surface area contributed by atoms with Crippen LogP contribution in [0, 0.1) is 0 Å². The van der Waals surface area contributed by atoms with Crippen molar-refractivity contribution in [2.45, 2.75) is 129 Å². The molecule has 1 aromatic rings. The zero-order chi connectivity index (χ0) is 33.1. The number of hydrogen-bond donors (Lipinski definition) is 0. The first-order valence-electron chi connectivity index (χ1n) is 17.6. The molecule has 10 heteroatoms. The van der Waals surface area contributed by atoms with E-state index in [9.17, 15) is 14.4 Å². The molecule has 0 saturated carbocycles. The molecule has 1 aliphatic rings. The molecule has 0 bridgehead atoms. The molecule has 0 aromatic heterocycles. The number of benzene rings is 1. The number of ether oxygens (including phenoxy) is 7. The Hall–Kier alpha value is -2.85. The van der Waals surface area contributed by atoms with Crippen molar-refractivity contribution in [3.63, 3.8) is 0 Å². The summed E-state index contributed by atoms with van der Waals surface area (Å²) in [7, 11) is 0. The van der Waals surface area contributed by atoms with Crippen molar-refractivity contribution in [3.05, 3.63) is 23.8 Å². The molecular formula is C36H58O10.